The van der Waals surface area contributed by atoms with Gasteiger partial charge in [-0.25, -0.2) is 0 Å². The van der Waals surface area contributed by atoms with E-state index in [4.69, 9.17) is 25.1 Å². The van der Waals surface area contributed by atoms with Gasteiger partial charge in [-0.15, -0.1) is 12.4 Å². The van der Waals surface area contributed by atoms with Gasteiger partial charge in [-0.3, -0.25) is 14.5 Å². The molecule has 0 bridgehead atoms. The summed E-state index contributed by atoms with van der Waals surface area (Å²) in [4.78, 5) is 26.5. The Labute approximate surface area is 352 Å². The van der Waals surface area contributed by atoms with Gasteiger partial charge < -0.3 is 34.9 Å². The average molecular weight is 819 g/mol. The van der Waals surface area contributed by atoms with Gasteiger partial charge in [0.2, 0.25) is 0 Å². The third kappa shape index (κ3) is 14.5. The van der Waals surface area contributed by atoms with Crippen molar-refractivity contribution in [2.45, 2.75) is 51.2 Å². The highest BCUT2D eigenvalue weighted by Gasteiger charge is 2.28. The fraction of sp³-hybridized carbons (Fsp3) is 0.208. The van der Waals surface area contributed by atoms with Gasteiger partial charge in [0.15, 0.2) is 23.0 Å². The summed E-state index contributed by atoms with van der Waals surface area (Å²) < 4.78 is 22.3. The van der Waals surface area contributed by atoms with Gasteiger partial charge in [-0.05, 0) is 70.5 Å². The van der Waals surface area contributed by atoms with Crippen molar-refractivity contribution in [2.75, 3.05) is 14.2 Å². The molecule has 2 unspecified atom stereocenters. The molecule has 6 aromatic rings. The average Bonchev–Trinajstić information content (AvgIpc) is 3.26. The zero-order valence-corrected chi connectivity index (χ0v) is 34.0. The molecule has 0 spiro atoms. The number of nitrogens with two attached hydrogens (primary N) is 1. The smallest absolute Gasteiger partial charge is 0.323 e. The molecule has 0 saturated carbocycles. The van der Waals surface area contributed by atoms with E-state index in [-0.39, 0.29) is 36.3 Å². The Morgan fingerprint density at radius 2 is 0.966 bits per heavy atom. The van der Waals surface area contributed by atoms with Gasteiger partial charge in [-0.1, -0.05) is 133 Å². The molecule has 4 N–H and O–H groups in total. The summed E-state index contributed by atoms with van der Waals surface area (Å²) in [7, 11) is 2.71. The highest BCUT2D eigenvalue weighted by atomic mass is 35.5. The van der Waals surface area contributed by atoms with E-state index in [1.54, 1.807) is 6.07 Å². The van der Waals surface area contributed by atoms with Crippen molar-refractivity contribution in [2.24, 2.45) is 5.73 Å². The number of esters is 2. The first kappa shape index (κ1) is 45.4. The van der Waals surface area contributed by atoms with Gasteiger partial charge in [0.25, 0.3) is 0 Å². The molecule has 0 saturated heterocycles. The predicted octanol–water partition coefficient (Wildman–Crippen LogP) is 8.19. The van der Waals surface area contributed by atoms with Crippen LogP contribution in [0.2, 0.25) is 0 Å². The molecule has 0 radical (unpaired) electrons. The van der Waals surface area contributed by atoms with Crippen LogP contribution in [0, 0.1) is 0 Å². The van der Waals surface area contributed by atoms with Crippen molar-refractivity contribution >= 4 is 24.3 Å². The van der Waals surface area contributed by atoms with E-state index in [2.05, 4.69) is 33.9 Å². The van der Waals surface area contributed by atoms with Gasteiger partial charge in [0.1, 0.15) is 25.3 Å². The van der Waals surface area contributed by atoms with Gasteiger partial charge >= 0.3 is 11.9 Å². The van der Waals surface area contributed by atoms with Crippen molar-refractivity contribution in [1.29, 1.82) is 0 Å². The molecule has 2 atom stereocenters. The van der Waals surface area contributed by atoms with Gasteiger partial charge in [0, 0.05) is 13.1 Å². The molecule has 0 heterocycles. The topological polar surface area (TPSA) is 141 Å². The van der Waals surface area contributed by atoms with E-state index in [1.165, 1.54) is 26.4 Å². The van der Waals surface area contributed by atoms with Crippen LogP contribution in [0.1, 0.15) is 33.4 Å². The minimum atomic E-state index is -0.765. The highest BCUT2D eigenvalue weighted by Crippen LogP contribution is 2.32. The maximum absolute atomic E-state index is 13.3. The van der Waals surface area contributed by atoms with Crippen molar-refractivity contribution in [3.05, 3.63) is 191 Å². The lowest BCUT2D eigenvalue weighted by Crippen LogP contribution is -2.42. The molecule has 0 fully saturated rings. The molecule has 59 heavy (non-hydrogen) atoms. The second-order valence-corrected chi connectivity index (χ2v) is 13.6. The van der Waals surface area contributed by atoms with Crippen LogP contribution < -0.4 is 15.2 Å². The molecule has 0 amide bonds. The standard InChI is InChI=1S/C38H37NO4.C10H13NO4.ClH/c1-41-38(40)35(39(26-30-14-6-2-7-15-30)27-31-16-8-3-9-17-31)24-34-22-23-36(42-28-32-18-10-4-11-19-32)37(25-34)43-29-33-20-12-5-13-21-33;1-15-10(14)7(11)4-6-2-3-8(12)9(13)5-6;/h2-23,25,35H,24,26-29H2,1H3;2-3,5,7,12-13H,4,11H2,1H3;1H. The number of carbonyl (C=O) groups is 2. The summed E-state index contributed by atoms with van der Waals surface area (Å²) in [6, 6.07) is 49.5. The van der Waals surface area contributed by atoms with Crippen LogP contribution in [0.3, 0.4) is 0 Å². The SMILES string of the molecule is COC(=O)C(Cc1ccc(OCc2ccccc2)c(OCc2ccccc2)c1)N(Cc1ccccc1)Cc1ccccc1.COC(=O)C(N)Cc1ccc(O)c(O)c1.Cl. The summed E-state index contributed by atoms with van der Waals surface area (Å²) in [5, 5.41) is 18.3. The Balaban J connectivity index is 0.000000407. The lowest BCUT2D eigenvalue weighted by molar-refractivity contribution is -0.147. The maximum Gasteiger partial charge on any atom is 0.323 e. The number of rotatable bonds is 17. The minimum Gasteiger partial charge on any atom is -0.504 e. The Morgan fingerprint density at radius 1 is 0.525 bits per heavy atom. The number of phenols is 2. The van der Waals surface area contributed by atoms with Crippen LogP contribution in [0.15, 0.2) is 158 Å². The van der Waals surface area contributed by atoms with Crippen LogP contribution >= 0.6 is 12.4 Å². The predicted molar refractivity (Wildman–Crippen MR) is 230 cm³/mol. The third-order valence-electron chi connectivity index (χ3n) is 9.28. The van der Waals surface area contributed by atoms with Gasteiger partial charge in [-0.2, -0.15) is 0 Å². The number of aromatic hydroxyl groups is 2. The molecule has 0 aliphatic rings. The van der Waals surface area contributed by atoms with E-state index < -0.39 is 18.1 Å². The number of hydrogen-bond acceptors (Lipinski definition) is 10. The summed E-state index contributed by atoms with van der Waals surface area (Å²) in [6.45, 7) is 2.03. The summed E-state index contributed by atoms with van der Waals surface area (Å²) >= 11 is 0. The number of nitrogens with zero attached hydrogens (tertiary/aromatic N) is 1. The third-order valence-corrected chi connectivity index (χ3v) is 9.28. The lowest BCUT2D eigenvalue weighted by Gasteiger charge is -2.30. The Kier molecular flexibility index (Phi) is 18.3. The van der Waals surface area contributed by atoms with Crippen molar-refractivity contribution in [1.82, 2.24) is 4.90 Å². The molecule has 0 aliphatic carbocycles. The summed E-state index contributed by atoms with van der Waals surface area (Å²) in [5.74, 6) is 0.0719. The Morgan fingerprint density at radius 3 is 1.44 bits per heavy atom. The summed E-state index contributed by atoms with van der Waals surface area (Å²) in [5.41, 5.74) is 11.5. The maximum atomic E-state index is 13.3. The molecule has 0 aliphatic heterocycles. The molecule has 10 nitrogen and oxygen atoms in total. The van der Waals surface area contributed by atoms with E-state index in [1.807, 2.05) is 115 Å². The second-order valence-electron chi connectivity index (χ2n) is 13.6. The second kappa shape index (κ2) is 23.8. The highest BCUT2D eigenvalue weighted by molar-refractivity contribution is 5.85. The van der Waals surface area contributed by atoms with Crippen molar-refractivity contribution in [3.8, 4) is 23.0 Å². The van der Waals surface area contributed by atoms with Crippen LogP contribution in [-0.4, -0.2) is 53.4 Å². The number of carbonyl (C=O) groups excluding carboxylic acids is 2. The number of benzene rings is 6. The largest absolute Gasteiger partial charge is 0.504 e. The number of halogens is 1. The monoisotopic (exact) mass is 818 g/mol. The summed E-state index contributed by atoms with van der Waals surface area (Å²) in [6.07, 6.45) is 0.702. The normalized spacial score (nSPS) is 11.5. The molecular formula is C48H51ClN2O8. The van der Waals surface area contributed by atoms with Crippen molar-refractivity contribution < 1.29 is 38.7 Å². The zero-order chi connectivity index (χ0) is 41.1. The molecule has 6 aromatic carbocycles. The van der Waals surface area contributed by atoms with E-state index in [0.717, 1.165) is 27.8 Å². The van der Waals surface area contributed by atoms with Crippen LogP contribution in [-0.2, 0) is 58.2 Å². The molecule has 308 valence electrons. The molecule has 0 aromatic heterocycles. The fourth-order valence-electron chi connectivity index (χ4n) is 6.20. The molecule has 6 rings (SSSR count). The van der Waals surface area contributed by atoms with Crippen LogP contribution in [0.25, 0.3) is 0 Å². The van der Waals surface area contributed by atoms with E-state index in [0.29, 0.717) is 49.8 Å². The lowest BCUT2D eigenvalue weighted by atomic mass is 10.0. The molecular weight excluding hydrogens is 768 g/mol. The number of methoxy groups -OCH3 is 2. The first-order chi connectivity index (χ1) is 28.2. The van der Waals surface area contributed by atoms with Crippen molar-refractivity contribution in [3.63, 3.8) is 0 Å². The van der Waals surface area contributed by atoms with E-state index >= 15 is 0 Å². The number of ether oxygens (including phenoxy) is 4. The first-order valence-corrected chi connectivity index (χ1v) is 18.9. The molecule has 11 heteroatoms. The Bertz CT molecular complexity index is 2120. The quantitative estimate of drug-likeness (QED) is 0.0610. The number of hydrogen-bond donors (Lipinski definition) is 3. The zero-order valence-electron chi connectivity index (χ0n) is 33.2. The minimum absolute atomic E-state index is 0. The van der Waals surface area contributed by atoms with E-state index in [9.17, 15) is 14.7 Å². The van der Waals surface area contributed by atoms with Crippen LogP contribution in [0.5, 0.6) is 23.0 Å². The fourth-order valence-corrected chi connectivity index (χ4v) is 6.20. The first-order valence-electron chi connectivity index (χ1n) is 18.9. The van der Waals surface area contributed by atoms with Crippen LogP contribution in [0.4, 0.5) is 0 Å². The van der Waals surface area contributed by atoms with Gasteiger partial charge in [0.05, 0.1) is 14.2 Å². The number of phenolic OH excluding ortho intramolecular Hbond substituents is 2. The Hall–Kier alpha value is -6.33.